The Labute approximate surface area is 233 Å². The van der Waals surface area contributed by atoms with E-state index in [4.69, 9.17) is 4.74 Å². The standard InChI is InChI=1S/C32H44N4O3/c1-5-6-12-28-32(39-31(38)36(28)22-27-23(2)11-8-17-33-27)15-20-34(21-16-32)26-13-18-35(19-14-26)30(37)29-24(3)9-7-10-25(29)4/h7-11,17,26,28H,5-6,12-16,18-22H2,1-4H3. The van der Waals surface area contributed by atoms with Gasteiger partial charge in [-0.3, -0.25) is 19.6 Å². The Morgan fingerprint density at radius 1 is 1.00 bits per heavy atom. The van der Waals surface area contributed by atoms with Crippen LogP contribution in [0.4, 0.5) is 4.79 Å². The summed E-state index contributed by atoms with van der Waals surface area (Å²) in [5, 5.41) is 0. The summed E-state index contributed by atoms with van der Waals surface area (Å²) in [7, 11) is 0. The smallest absolute Gasteiger partial charge is 0.411 e. The number of unbranched alkanes of at least 4 members (excludes halogenated alkanes) is 1. The summed E-state index contributed by atoms with van der Waals surface area (Å²) in [5.74, 6) is 0.168. The van der Waals surface area contributed by atoms with Gasteiger partial charge >= 0.3 is 6.09 Å². The number of likely N-dealkylation sites (tertiary alicyclic amines) is 2. The van der Waals surface area contributed by atoms with Crippen molar-refractivity contribution in [1.82, 2.24) is 19.7 Å². The number of aryl methyl sites for hydroxylation is 3. The third-order valence-corrected chi connectivity index (χ3v) is 9.39. The minimum atomic E-state index is -0.412. The number of piperidine rings is 2. The molecule has 1 aromatic carbocycles. The molecule has 210 valence electrons. The zero-order chi connectivity index (χ0) is 27.6. The molecule has 0 radical (unpaired) electrons. The van der Waals surface area contributed by atoms with E-state index in [1.807, 2.05) is 47.9 Å². The number of rotatable bonds is 7. The number of carbonyl (C=O) groups is 2. The largest absolute Gasteiger partial charge is 0.440 e. The zero-order valence-corrected chi connectivity index (χ0v) is 24.1. The van der Waals surface area contributed by atoms with Gasteiger partial charge in [0.1, 0.15) is 5.60 Å². The molecule has 0 bridgehead atoms. The van der Waals surface area contributed by atoms with Crippen molar-refractivity contribution in [2.75, 3.05) is 26.2 Å². The van der Waals surface area contributed by atoms with Crippen LogP contribution in [0.3, 0.4) is 0 Å². The van der Waals surface area contributed by atoms with Crippen molar-refractivity contribution in [3.05, 3.63) is 64.5 Å². The Morgan fingerprint density at radius 3 is 2.31 bits per heavy atom. The molecule has 39 heavy (non-hydrogen) atoms. The summed E-state index contributed by atoms with van der Waals surface area (Å²) in [5.41, 5.74) is 4.62. The third kappa shape index (κ3) is 5.56. The van der Waals surface area contributed by atoms with E-state index in [0.29, 0.717) is 12.6 Å². The number of hydrogen-bond acceptors (Lipinski definition) is 5. The van der Waals surface area contributed by atoms with E-state index in [0.717, 1.165) is 99.1 Å². The van der Waals surface area contributed by atoms with Crippen LogP contribution in [0, 0.1) is 20.8 Å². The van der Waals surface area contributed by atoms with E-state index in [1.54, 1.807) is 6.20 Å². The SMILES string of the molecule is CCCCC1N(Cc2ncccc2C)C(=O)OC12CCN(C1CCN(C(=O)c3c(C)cccc3C)CC1)CC2. The molecule has 3 aliphatic rings. The van der Waals surface area contributed by atoms with Gasteiger partial charge in [-0.2, -0.15) is 0 Å². The van der Waals surface area contributed by atoms with Gasteiger partial charge in [0, 0.05) is 56.8 Å². The second-order valence-electron chi connectivity index (χ2n) is 11.8. The lowest BCUT2D eigenvalue weighted by atomic mass is 9.81. The van der Waals surface area contributed by atoms with E-state index < -0.39 is 5.60 Å². The van der Waals surface area contributed by atoms with E-state index in [9.17, 15) is 9.59 Å². The molecule has 0 aliphatic carbocycles. The number of amides is 2. The molecule has 0 N–H and O–H groups in total. The summed E-state index contributed by atoms with van der Waals surface area (Å²) in [6.07, 6.45) is 8.49. The number of ether oxygens (including phenoxy) is 1. The van der Waals surface area contributed by atoms with Crippen LogP contribution in [0.2, 0.25) is 0 Å². The number of hydrogen-bond donors (Lipinski definition) is 0. The fraction of sp³-hybridized carbons (Fsp3) is 0.594. The van der Waals surface area contributed by atoms with Gasteiger partial charge in [-0.25, -0.2) is 4.79 Å². The van der Waals surface area contributed by atoms with Gasteiger partial charge in [-0.15, -0.1) is 0 Å². The molecule has 1 atom stereocenters. The Hall–Kier alpha value is -2.93. The number of pyridine rings is 1. The van der Waals surface area contributed by atoms with Crippen molar-refractivity contribution in [2.45, 2.75) is 96.9 Å². The average molecular weight is 533 g/mol. The molecular formula is C32H44N4O3. The van der Waals surface area contributed by atoms with E-state index in [2.05, 4.69) is 29.8 Å². The number of carbonyl (C=O) groups excluding carboxylic acids is 2. The fourth-order valence-electron chi connectivity index (χ4n) is 7.00. The summed E-state index contributed by atoms with van der Waals surface area (Å²) in [6.45, 7) is 12.3. The van der Waals surface area contributed by atoms with Gasteiger partial charge in [-0.1, -0.05) is 44.0 Å². The van der Waals surface area contributed by atoms with Crippen LogP contribution >= 0.6 is 0 Å². The lowest BCUT2D eigenvalue weighted by molar-refractivity contribution is -0.0384. The quantitative estimate of drug-likeness (QED) is 0.461. The summed E-state index contributed by atoms with van der Waals surface area (Å²) < 4.78 is 6.26. The molecule has 0 saturated carbocycles. The van der Waals surface area contributed by atoms with Crippen LogP contribution in [-0.2, 0) is 11.3 Å². The van der Waals surface area contributed by atoms with Crippen LogP contribution in [0.1, 0.15) is 84.6 Å². The first-order chi connectivity index (χ1) is 18.8. The van der Waals surface area contributed by atoms with Crippen molar-refractivity contribution in [3.8, 4) is 0 Å². The topological polar surface area (TPSA) is 66.0 Å². The Balaban J connectivity index is 1.21. The normalized spacial score (nSPS) is 21.9. The Kier molecular flexibility index (Phi) is 8.27. The highest BCUT2D eigenvalue weighted by Crippen LogP contribution is 2.42. The van der Waals surface area contributed by atoms with E-state index in [-0.39, 0.29) is 18.0 Å². The molecule has 7 heteroatoms. The van der Waals surface area contributed by atoms with Crippen LogP contribution < -0.4 is 0 Å². The highest BCUT2D eigenvalue weighted by atomic mass is 16.6. The molecule has 1 aromatic heterocycles. The molecule has 3 fully saturated rings. The van der Waals surface area contributed by atoms with E-state index >= 15 is 0 Å². The van der Waals surface area contributed by atoms with Gasteiger partial charge in [0.2, 0.25) is 0 Å². The average Bonchev–Trinajstić information content (AvgIpc) is 3.18. The van der Waals surface area contributed by atoms with Crippen LogP contribution in [0.25, 0.3) is 0 Å². The first kappa shape index (κ1) is 27.6. The molecule has 4 heterocycles. The monoisotopic (exact) mass is 532 g/mol. The van der Waals surface area contributed by atoms with Gasteiger partial charge in [0.05, 0.1) is 18.3 Å². The van der Waals surface area contributed by atoms with Gasteiger partial charge in [0.25, 0.3) is 5.91 Å². The van der Waals surface area contributed by atoms with Crippen molar-refractivity contribution >= 4 is 12.0 Å². The fourth-order valence-corrected chi connectivity index (χ4v) is 7.00. The number of aromatic nitrogens is 1. The molecular weight excluding hydrogens is 488 g/mol. The molecule has 2 aromatic rings. The molecule has 1 spiro atoms. The summed E-state index contributed by atoms with van der Waals surface area (Å²) >= 11 is 0. The summed E-state index contributed by atoms with van der Waals surface area (Å²) in [4.78, 5) is 37.6. The highest BCUT2D eigenvalue weighted by Gasteiger charge is 2.54. The zero-order valence-electron chi connectivity index (χ0n) is 24.1. The van der Waals surface area contributed by atoms with Crippen molar-refractivity contribution in [3.63, 3.8) is 0 Å². The minimum Gasteiger partial charge on any atom is -0.440 e. The minimum absolute atomic E-state index is 0.0883. The predicted octanol–water partition coefficient (Wildman–Crippen LogP) is 5.66. The van der Waals surface area contributed by atoms with Crippen molar-refractivity contribution < 1.29 is 14.3 Å². The van der Waals surface area contributed by atoms with Crippen LogP contribution in [0.15, 0.2) is 36.5 Å². The summed E-state index contributed by atoms with van der Waals surface area (Å²) in [6, 6.07) is 10.6. The number of nitrogens with zero attached hydrogens (tertiary/aromatic N) is 4. The van der Waals surface area contributed by atoms with Gasteiger partial charge in [-0.05, 0) is 62.8 Å². The lowest BCUT2D eigenvalue weighted by Crippen LogP contribution is -2.56. The highest BCUT2D eigenvalue weighted by molar-refractivity contribution is 5.97. The predicted molar refractivity (Wildman–Crippen MR) is 153 cm³/mol. The molecule has 3 aliphatic heterocycles. The third-order valence-electron chi connectivity index (χ3n) is 9.39. The number of benzene rings is 1. The maximum absolute atomic E-state index is 13.3. The Morgan fingerprint density at radius 2 is 1.67 bits per heavy atom. The van der Waals surface area contributed by atoms with Crippen molar-refractivity contribution in [1.29, 1.82) is 0 Å². The maximum Gasteiger partial charge on any atom is 0.411 e. The molecule has 1 unspecified atom stereocenters. The first-order valence-electron chi connectivity index (χ1n) is 14.8. The molecule has 2 amide bonds. The molecule has 3 saturated heterocycles. The van der Waals surface area contributed by atoms with Gasteiger partial charge in [0.15, 0.2) is 0 Å². The molecule has 7 nitrogen and oxygen atoms in total. The van der Waals surface area contributed by atoms with E-state index in [1.165, 1.54) is 0 Å². The molecule has 5 rings (SSSR count). The first-order valence-corrected chi connectivity index (χ1v) is 14.8. The van der Waals surface area contributed by atoms with Crippen LogP contribution in [-0.4, -0.2) is 75.5 Å². The lowest BCUT2D eigenvalue weighted by Gasteiger charge is -2.46. The van der Waals surface area contributed by atoms with Crippen molar-refractivity contribution in [2.24, 2.45) is 0 Å². The van der Waals surface area contributed by atoms with Crippen LogP contribution in [0.5, 0.6) is 0 Å². The van der Waals surface area contributed by atoms with Gasteiger partial charge < -0.3 is 9.64 Å². The Bertz CT molecular complexity index is 1160. The second-order valence-corrected chi connectivity index (χ2v) is 11.8. The second kappa shape index (κ2) is 11.7. The maximum atomic E-state index is 13.3.